The van der Waals surface area contributed by atoms with Crippen molar-refractivity contribution in [2.24, 2.45) is 0 Å². The first-order valence-corrected chi connectivity index (χ1v) is 13.3. The molecular weight excluding hydrogens is 506 g/mol. The van der Waals surface area contributed by atoms with Crippen molar-refractivity contribution in [3.05, 3.63) is 94.1 Å². The number of ketones is 1. The number of benzene rings is 3. The molecular formula is C33H37NO6. The summed E-state index contributed by atoms with van der Waals surface area (Å²) in [6, 6.07) is 16.5. The zero-order valence-electron chi connectivity index (χ0n) is 24.1. The first-order valence-electron chi connectivity index (χ1n) is 13.3. The van der Waals surface area contributed by atoms with E-state index in [-0.39, 0.29) is 35.1 Å². The fourth-order valence-electron chi connectivity index (χ4n) is 4.99. The van der Waals surface area contributed by atoms with Crippen molar-refractivity contribution in [3.8, 4) is 17.2 Å². The summed E-state index contributed by atoms with van der Waals surface area (Å²) in [6.07, 6.45) is 0. The number of aryl methyl sites for hydroxylation is 1. The summed E-state index contributed by atoms with van der Waals surface area (Å²) in [7, 11) is 1.60. The average molecular weight is 544 g/mol. The summed E-state index contributed by atoms with van der Waals surface area (Å²) in [4.78, 5) is 28.5. The van der Waals surface area contributed by atoms with Gasteiger partial charge in [-0.15, -0.1) is 0 Å². The molecule has 1 fully saturated rings. The standard InChI is InChI=1S/C33H37NO6/c1-19(2)25-17-26(20(3)16-27(25)39-7)30(36)28-29(22-10-12-23(35)13-11-22)34(32(38)31(28)37)18-21-8-14-24(15-9-21)40-33(4,5)6/h8-17,19,29,35-36H,18H2,1-7H3/b30-28+. The minimum absolute atomic E-state index is 0.00588. The van der Waals surface area contributed by atoms with Crippen molar-refractivity contribution in [2.75, 3.05) is 7.11 Å². The second kappa shape index (κ2) is 11.1. The van der Waals surface area contributed by atoms with Gasteiger partial charge in [-0.05, 0) is 92.3 Å². The molecule has 1 atom stereocenters. The van der Waals surface area contributed by atoms with Crippen LogP contribution < -0.4 is 9.47 Å². The Hall–Kier alpha value is -4.26. The molecule has 3 aromatic rings. The second-order valence-electron chi connectivity index (χ2n) is 11.4. The number of aliphatic hydroxyl groups excluding tert-OH is 1. The van der Waals surface area contributed by atoms with Crippen LogP contribution in [0.5, 0.6) is 17.2 Å². The van der Waals surface area contributed by atoms with E-state index in [0.717, 1.165) is 11.1 Å². The number of aromatic hydroxyl groups is 1. The second-order valence-corrected chi connectivity index (χ2v) is 11.4. The lowest BCUT2D eigenvalue weighted by Gasteiger charge is -2.26. The molecule has 1 unspecified atom stereocenters. The number of rotatable bonds is 7. The van der Waals surface area contributed by atoms with Gasteiger partial charge in [-0.3, -0.25) is 9.59 Å². The third kappa shape index (κ3) is 5.83. The SMILES string of the molecule is COc1cc(C)c(/C(O)=C2\C(=O)C(=O)N(Cc3ccc(OC(C)(C)C)cc3)C2c2ccc(O)cc2)cc1C(C)C. The molecule has 1 aliphatic heterocycles. The van der Waals surface area contributed by atoms with Crippen LogP contribution in [-0.4, -0.2) is 39.5 Å². The monoisotopic (exact) mass is 543 g/mol. The normalized spacial score (nSPS) is 17.0. The van der Waals surface area contributed by atoms with Gasteiger partial charge in [0.2, 0.25) is 0 Å². The Bertz CT molecular complexity index is 1450. The Morgan fingerprint density at radius 1 is 1.00 bits per heavy atom. The molecule has 7 heteroatoms. The first-order chi connectivity index (χ1) is 18.8. The number of hydrogen-bond donors (Lipinski definition) is 2. The summed E-state index contributed by atoms with van der Waals surface area (Å²) in [5.74, 6) is -0.155. The maximum atomic E-state index is 13.5. The molecule has 1 aliphatic rings. The fourth-order valence-corrected chi connectivity index (χ4v) is 4.99. The Balaban J connectivity index is 1.82. The Kier molecular flexibility index (Phi) is 7.96. The Morgan fingerprint density at radius 2 is 1.62 bits per heavy atom. The number of carbonyl (C=O) groups excluding carboxylic acids is 2. The van der Waals surface area contributed by atoms with Crippen molar-refractivity contribution in [2.45, 2.75) is 65.6 Å². The van der Waals surface area contributed by atoms with Crippen molar-refractivity contribution in [3.63, 3.8) is 0 Å². The fraction of sp³-hybridized carbons (Fsp3) is 0.333. The number of nitrogens with zero attached hydrogens (tertiary/aromatic N) is 1. The van der Waals surface area contributed by atoms with E-state index in [2.05, 4.69) is 0 Å². The zero-order chi connectivity index (χ0) is 29.4. The molecule has 3 aromatic carbocycles. The molecule has 4 rings (SSSR count). The van der Waals surface area contributed by atoms with Crippen molar-refractivity contribution >= 4 is 17.4 Å². The third-order valence-electron chi connectivity index (χ3n) is 6.90. The van der Waals surface area contributed by atoms with Crippen LogP contribution in [0.2, 0.25) is 0 Å². The maximum Gasteiger partial charge on any atom is 0.295 e. The molecule has 210 valence electrons. The third-order valence-corrected chi connectivity index (χ3v) is 6.90. The molecule has 0 aromatic heterocycles. The number of Topliss-reactive ketones (excluding diaryl/α,β-unsaturated/α-hetero) is 1. The molecule has 1 heterocycles. The van der Waals surface area contributed by atoms with Gasteiger partial charge >= 0.3 is 0 Å². The number of phenols is 1. The van der Waals surface area contributed by atoms with Crippen LogP contribution in [0.15, 0.2) is 66.2 Å². The van der Waals surface area contributed by atoms with Gasteiger partial charge in [-0.25, -0.2) is 0 Å². The molecule has 0 bridgehead atoms. The van der Waals surface area contributed by atoms with Gasteiger partial charge in [0.1, 0.15) is 28.6 Å². The molecule has 2 N–H and O–H groups in total. The summed E-state index contributed by atoms with van der Waals surface area (Å²) < 4.78 is 11.5. The van der Waals surface area contributed by atoms with Crippen LogP contribution in [0.4, 0.5) is 0 Å². The van der Waals surface area contributed by atoms with Crippen molar-refractivity contribution in [1.29, 1.82) is 0 Å². The van der Waals surface area contributed by atoms with Gasteiger partial charge < -0.3 is 24.6 Å². The number of hydrogen-bond acceptors (Lipinski definition) is 6. The van der Waals surface area contributed by atoms with Crippen LogP contribution in [0, 0.1) is 6.92 Å². The van der Waals surface area contributed by atoms with Crippen LogP contribution in [0.1, 0.15) is 74.4 Å². The van der Waals surface area contributed by atoms with E-state index in [4.69, 9.17) is 9.47 Å². The van der Waals surface area contributed by atoms with E-state index in [1.54, 1.807) is 19.2 Å². The van der Waals surface area contributed by atoms with Crippen LogP contribution in [0.25, 0.3) is 5.76 Å². The van der Waals surface area contributed by atoms with Gasteiger partial charge in [0, 0.05) is 12.1 Å². The number of methoxy groups -OCH3 is 1. The number of likely N-dealkylation sites (tertiary alicyclic amines) is 1. The van der Waals surface area contributed by atoms with E-state index >= 15 is 0 Å². The van der Waals surface area contributed by atoms with Crippen molar-refractivity contribution in [1.82, 2.24) is 4.90 Å². The molecule has 7 nitrogen and oxygen atoms in total. The molecule has 0 aliphatic carbocycles. The van der Waals surface area contributed by atoms with Gasteiger partial charge in [0.05, 0.1) is 18.7 Å². The Labute approximate surface area is 235 Å². The molecule has 40 heavy (non-hydrogen) atoms. The molecule has 1 amide bonds. The summed E-state index contributed by atoms with van der Waals surface area (Å²) >= 11 is 0. The average Bonchev–Trinajstić information content (AvgIpc) is 3.13. The molecule has 0 saturated carbocycles. The van der Waals surface area contributed by atoms with Crippen LogP contribution >= 0.6 is 0 Å². The summed E-state index contributed by atoms with van der Waals surface area (Å²) in [5.41, 5.74) is 3.11. The zero-order valence-corrected chi connectivity index (χ0v) is 24.1. The predicted molar refractivity (Wildman–Crippen MR) is 155 cm³/mol. The lowest BCUT2D eigenvalue weighted by atomic mass is 9.91. The minimum atomic E-state index is -0.852. The predicted octanol–water partition coefficient (Wildman–Crippen LogP) is 6.63. The minimum Gasteiger partial charge on any atom is -0.508 e. The van der Waals surface area contributed by atoms with Crippen LogP contribution in [0.3, 0.4) is 0 Å². The molecule has 0 spiro atoms. The number of ether oxygens (including phenoxy) is 2. The number of phenolic OH excluding ortho intramolecular Hbond substituents is 1. The lowest BCUT2D eigenvalue weighted by molar-refractivity contribution is -0.140. The highest BCUT2D eigenvalue weighted by molar-refractivity contribution is 6.46. The quantitative estimate of drug-likeness (QED) is 0.197. The van der Waals surface area contributed by atoms with E-state index in [1.165, 1.54) is 17.0 Å². The number of amides is 1. The smallest absolute Gasteiger partial charge is 0.295 e. The highest BCUT2D eigenvalue weighted by Crippen LogP contribution is 2.42. The van der Waals surface area contributed by atoms with Gasteiger partial charge in [-0.2, -0.15) is 0 Å². The van der Waals surface area contributed by atoms with Gasteiger partial charge in [0.25, 0.3) is 11.7 Å². The number of carbonyl (C=O) groups is 2. The van der Waals surface area contributed by atoms with E-state index < -0.39 is 17.7 Å². The maximum absolute atomic E-state index is 13.5. The molecule has 0 radical (unpaired) electrons. The van der Waals surface area contributed by atoms with E-state index in [9.17, 15) is 19.8 Å². The molecule has 1 saturated heterocycles. The van der Waals surface area contributed by atoms with Crippen molar-refractivity contribution < 1.29 is 29.3 Å². The topological polar surface area (TPSA) is 96.3 Å². The number of aliphatic hydroxyl groups is 1. The van der Waals surface area contributed by atoms with E-state index in [0.29, 0.717) is 28.2 Å². The van der Waals surface area contributed by atoms with Gasteiger partial charge in [-0.1, -0.05) is 38.1 Å². The highest BCUT2D eigenvalue weighted by Gasteiger charge is 2.46. The first kappa shape index (κ1) is 28.7. The highest BCUT2D eigenvalue weighted by atomic mass is 16.5. The largest absolute Gasteiger partial charge is 0.508 e. The Morgan fingerprint density at radius 3 is 2.17 bits per heavy atom. The van der Waals surface area contributed by atoms with E-state index in [1.807, 2.05) is 77.9 Å². The summed E-state index contributed by atoms with van der Waals surface area (Å²) in [6.45, 7) is 11.9. The van der Waals surface area contributed by atoms with Crippen LogP contribution in [-0.2, 0) is 16.1 Å². The van der Waals surface area contributed by atoms with Gasteiger partial charge in [0.15, 0.2) is 0 Å². The summed E-state index contributed by atoms with van der Waals surface area (Å²) in [5, 5.41) is 21.5. The lowest BCUT2D eigenvalue weighted by Crippen LogP contribution is -2.29.